The quantitative estimate of drug-likeness (QED) is 0.374. The Bertz CT molecular complexity index is 1180. The topological polar surface area (TPSA) is 62.2 Å². The van der Waals surface area contributed by atoms with E-state index in [-0.39, 0.29) is 0 Å². The van der Waals surface area contributed by atoms with Crippen molar-refractivity contribution in [3.8, 4) is 21.0 Å². The normalized spacial score (nSPS) is 27.1. The molecule has 4 nitrogen and oxygen atoms in total. The van der Waals surface area contributed by atoms with Crippen molar-refractivity contribution < 1.29 is 9.90 Å². The van der Waals surface area contributed by atoms with Gasteiger partial charge in [-0.2, -0.15) is 0 Å². The van der Waals surface area contributed by atoms with Crippen molar-refractivity contribution in [3.63, 3.8) is 0 Å². The number of hydrogen-bond donors (Lipinski definition) is 2. The van der Waals surface area contributed by atoms with Crippen LogP contribution in [0.4, 0.5) is 5.69 Å². The fraction of sp³-hybridized carbons (Fsp3) is 0.448. The highest BCUT2D eigenvalue weighted by Gasteiger charge is 2.52. The molecule has 0 atom stereocenters. The molecular weight excluding hydrogens is 440 g/mol. The smallest absolute Gasteiger partial charge is 0.335 e. The van der Waals surface area contributed by atoms with E-state index >= 15 is 0 Å². The lowest BCUT2D eigenvalue weighted by molar-refractivity contribution is -0.00485. The lowest BCUT2D eigenvalue weighted by atomic mass is 9.48. The summed E-state index contributed by atoms with van der Waals surface area (Å²) in [7, 11) is 0. The highest BCUT2D eigenvalue weighted by molar-refractivity contribution is 7.18. The van der Waals surface area contributed by atoms with Gasteiger partial charge in [0.25, 0.3) is 0 Å². The maximum Gasteiger partial charge on any atom is 0.335 e. The van der Waals surface area contributed by atoms with Crippen LogP contribution in [0.5, 0.6) is 0 Å². The molecule has 2 N–H and O–H groups in total. The van der Waals surface area contributed by atoms with Crippen LogP contribution >= 0.6 is 11.3 Å². The summed E-state index contributed by atoms with van der Waals surface area (Å²) >= 11 is 1.68. The molecule has 0 amide bonds. The fourth-order valence-corrected chi connectivity index (χ4v) is 8.20. The molecule has 5 heteroatoms. The second kappa shape index (κ2) is 8.53. The Morgan fingerprint density at radius 1 is 1.03 bits per heavy atom. The molecule has 34 heavy (non-hydrogen) atoms. The van der Waals surface area contributed by atoms with Gasteiger partial charge in [-0.3, -0.25) is 0 Å². The first-order valence-electron chi connectivity index (χ1n) is 12.7. The Morgan fingerprint density at radius 2 is 1.68 bits per heavy atom. The predicted octanol–water partition coefficient (Wildman–Crippen LogP) is 7.47. The lowest BCUT2D eigenvalue weighted by Gasteiger charge is -2.57. The van der Waals surface area contributed by atoms with Crippen LogP contribution in [0.3, 0.4) is 0 Å². The molecule has 0 unspecified atom stereocenters. The van der Waals surface area contributed by atoms with E-state index in [2.05, 4.69) is 35.4 Å². The van der Waals surface area contributed by atoms with E-state index in [0.717, 1.165) is 41.3 Å². The van der Waals surface area contributed by atoms with Gasteiger partial charge in [0.05, 0.1) is 10.4 Å². The van der Waals surface area contributed by atoms with E-state index in [9.17, 15) is 9.90 Å². The standard InChI is InChI=1S/C29H32N2O2S/c1-2-9-30-25-8-7-23(13-24(25)29-14-18-10-19(15-29)12-20(11-18)16-29)26-17-31-27(34-26)21-3-5-22(6-4-21)28(32)33/h3-8,13,17-20,30H,2,9-12,14-16H2,1H3,(H,32,33). The number of benzene rings is 2. The second-order valence-corrected chi connectivity index (χ2v) is 11.8. The number of rotatable bonds is 7. The SMILES string of the molecule is CCCNc1ccc(-c2cnc(-c3ccc(C(=O)O)cc3)s2)cc1C12CC3CC(CC(C3)C1)C2. The minimum atomic E-state index is -0.902. The van der Waals surface area contributed by atoms with Crippen molar-refractivity contribution >= 4 is 23.0 Å². The van der Waals surface area contributed by atoms with Gasteiger partial charge in [-0.25, -0.2) is 9.78 Å². The first-order chi connectivity index (χ1) is 16.5. The Labute approximate surface area is 205 Å². The fourth-order valence-electron chi connectivity index (χ4n) is 7.29. The summed E-state index contributed by atoms with van der Waals surface area (Å²) in [6.45, 7) is 3.24. The Hall–Kier alpha value is -2.66. The van der Waals surface area contributed by atoms with Crippen molar-refractivity contribution in [2.45, 2.75) is 57.3 Å². The number of anilines is 1. The maximum atomic E-state index is 11.2. The first-order valence-corrected chi connectivity index (χ1v) is 13.5. The molecule has 2 aromatic carbocycles. The summed E-state index contributed by atoms with van der Waals surface area (Å²) in [6, 6.07) is 14.0. The summed E-state index contributed by atoms with van der Waals surface area (Å²) in [5.74, 6) is 1.84. The number of carbonyl (C=O) groups is 1. The summed E-state index contributed by atoms with van der Waals surface area (Å²) in [5.41, 5.74) is 5.72. The van der Waals surface area contributed by atoms with Crippen molar-refractivity contribution in [2.24, 2.45) is 17.8 Å². The number of nitrogens with one attached hydrogen (secondary N) is 1. The van der Waals surface area contributed by atoms with E-state index < -0.39 is 5.97 Å². The predicted molar refractivity (Wildman–Crippen MR) is 139 cm³/mol. The molecule has 4 bridgehead atoms. The number of carboxylic acids is 1. The lowest BCUT2D eigenvalue weighted by Crippen LogP contribution is -2.48. The molecule has 3 aromatic rings. The van der Waals surface area contributed by atoms with Gasteiger partial charge < -0.3 is 10.4 Å². The van der Waals surface area contributed by atoms with Crippen molar-refractivity contribution in [1.82, 2.24) is 4.98 Å². The third-order valence-corrected chi connectivity index (χ3v) is 9.46. The average Bonchev–Trinajstić information content (AvgIpc) is 3.32. The molecule has 0 aliphatic heterocycles. The molecule has 4 aliphatic carbocycles. The summed E-state index contributed by atoms with van der Waals surface area (Å²) in [4.78, 5) is 17.0. The van der Waals surface area contributed by atoms with E-state index in [1.54, 1.807) is 29.0 Å². The zero-order valence-electron chi connectivity index (χ0n) is 19.7. The van der Waals surface area contributed by atoms with Crippen LogP contribution in [0.25, 0.3) is 21.0 Å². The van der Waals surface area contributed by atoms with Gasteiger partial charge in [0.1, 0.15) is 5.01 Å². The van der Waals surface area contributed by atoms with Crippen LogP contribution in [0, 0.1) is 17.8 Å². The van der Waals surface area contributed by atoms with Gasteiger partial charge in [-0.15, -0.1) is 11.3 Å². The molecule has 0 saturated heterocycles. The zero-order valence-corrected chi connectivity index (χ0v) is 20.5. The summed E-state index contributed by atoms with van der Waals surface area (Å²) in [5, 5.41) is 13.9. The Morgan fingerprint density at radius 3 is 2.29 bits per heavy atom. The largest absolute Gasteiger partial charge is 0.478 e. The maximum absolute atomic E-state index is 11.2. The van der Waals surface area contributed by atoms with Crippen LogP contribution in [-0.2, 0) is 5.41 Å². The van der Waals surface area contributed by atoms with Crippen molar-refractivity contribution in [2.75, 3.05) is 11.9 Å². The molecule has 0 radical (unpaired) electrons. The van der Waals surface area contributed by atoms with Crippen molar-refractivity contribution in [1.29, 1.82) is 0 Å². The molecule has 4 saturated carbocycles. The molecule has 176 valence electrons. The zero-order chi connectivity index (χ0) is 23.3. The second-order valence-electron chi connectivity index (χ2n) is 10.8. The number of aromatic carboxylic acids is 1. The third-order valence-electron chi connectivity index (χ3n) is 8.36. The van der Waals surface area contributed by atoms with Crippen LogP contribution in [0.15, 0.2) is 48.7 Å². The van der Waals surface area contributed by atoms with Gasteiger partial charge in [0.15, 0.2) is 0 Å². The minimum absolute atomic E-state index is 0.302. The number of aromatic nitrogens is 1. The van der Waals surface area contributed by atoms with Gasteiger partial charge in [-0.05, 0) is 104 Å². The van der Waals surface area contributed by atoms with Crippen LogP contribution in [-0.4, -0.2) is 22.6 Å². The van der Waals surface area contributed by atoms with E-state index in [4.69, 9.17) is 0 Å². The highest BCUT2D eigenvalue weighted by Crippen LogP contribution is 2.62. The van der Waals surface area contributed by atoms with Crippen LogP contribution in [0.2, 0.25) is 0 Å². The highest BCUT2D eigenvalue weighted by atomic mass is 32.1. The van der Waals surface area contributed by atoms with Gasteiger partial charge in [0.2, 0.25) is 0 Å². The van der Waals surface area contributed by atoms with Gasteiger partial charge in [-0.1, -0.05) is 25.1 Å². The van der Waals surface area contributed by atoms with Gasteiger partial charge in [0, 0.05) is 24.0 Å². The molecule has 7 rings (SSSR count). The minimum Gasteiger partial charge on any atom is -0.478 e. The van der Waals surface area contributed by atoms with Crippen LogP contribution in [0.1, 0.15) is 67.8 Å². The summed E-state index contributed by atoms with van der Waals surface area (Å²) < 4.78 is 0. The summed E-state index contributed by atoms with van der Waals surface area (Å²) in [6.07, 6.45) is 11.5. The van der Waals surface area contributed by atoms with Crippen molar-refractivity contribution in [3.05, 3.63) is 59.8 Å². The number of nitrogens with zero attached hydrogens (tertiary/aromatic N) is 1. The molecule has 0 spiro atoms. The molecule has 4 fully saturated rings. The Kier molecular flexibility index (Phi) is 5.48. The number of hydrogen-bond acceptors (Lipinski definition) is 4. The average molecular weight is 473 g/mol. The molecule has 4 aliphatic rings. The van der Waals surface area contributed by atoms with E-state index in [1.165, 1.54) is 54.7 Å². The Balaban J connectivity index is 1.35. The number of carboxylic acid groups (broad SMARTS) is 1. The van der Waals surface area contributed by atoms with Crippen LogP contribution < -0.4 is 5.32 Å². The number of thiazole rings is 1. The first kappa shape index (κ1) is 21.8. The molecule has 1 aromatic heterocycles. The van der Waals surface area contributed by atoms with Gasteiger partial charge >= 0.3 is 5.97 Å². The third kappa shape index (κ3) is 3.84. The molecule has 1 heterocycles. The van der Waals surface area contributed by atoms with E-state index in [1.807, 2.05) is 18.3 Å². The monoisotopic (exact) mass is 472 g/mol. The molecular formula is C29H32N2O2S. The van der Waals surface area contributed by atoms with E-state index in [0.29, 0.717) is 11.0 Å².